The molecule has 1 aromatic carbocycles. The van der Waals surface area contributed by atoms with Gasteiger partial charge in [0, 0.05) is 18.7 Å². The Kier molecular flexibility index (Phi) is 4.77. The van der Waals surface area contributed by atoms with Gasteiger partial charge < -0.3 is 10.4 Å². The van der Waals surface area contributed by atoms with E-state index in [0.717, 1.165) is 37.8 Å². The molecule has 1 aliphatic carbocycles. The second-order valence-corrected chi connectivity index (χ2v) is 5.50. The number of nitro groups is 1. The van der Waals surface area contributed by atoms with Gasteiger partial charge >= 0.3 is 0 Å². The predicted octanol–water partition coefficient (Wildman–Crippen LogP) is 3.35. The van der Waals surface area contributed by atoms with Gasteiger partial charge in [-0.25, -0.2) is 4.39 Å². The first kappa shape index (κ1) is 15.0. The summed E-state index contributed by atoms with van der Waals surface area (Å²) in [7, 11) is 0. The Bertz CT molecular complexity index is 505. The van der Waals surface area contributed by atoms with Crippen molar-refractivity contribution >= 4 is 23.0 Å². The molecule has 0 radical (unpaired) electrons. The van der Waals surface area contributed by atoms with Crippen LogP contribution < -0.4 is 5.32 Å². The highest BCUT2D eigenvalue weighted by molar-refractivity contribution is 6.31. The molecule has 1 saturated carbocycles. The van der Waals surface area contributed by atoms with E-state index in [0.29, 0.717) is 12.5 Å². The predicted molar refractivity (Wildman–Crippen MR) is 74.5 cm³/mol. The summed E-state index contributed by atoms with van der Waals surface area (Å²) in [5, 5.41) is 23.0. The Hall–Kier alpha value is -1.40. The molecule has 0 aliphatic heterocycles. The van der Waals surface area contributed by atoms with E-state index in [1.807, 2.05) is 0 Å². The van der Waals surface area contributed by atoms with Crippen molar-refractivity contribution in [3.8, 4) is 0 Å². The molecule has 2 N–H and O–H groups in total. The summed E-state index contributed by atoms with van der Waals surface area (Å²) in [6.45, 7) is 0.522. The molecule has 110 valence electrons. The number of anilines is 1. The normalized spacial score (nSPS) is 22.6. The minimum Gasteiger partial charge on any atom is -0.393 e. The SMILES string of the molecule is O=[N+]([O-])c1cc(Cl)c(F)cc1NCC1CCC(O)CC1. The van der Waals surface area contributed by atoms with E-state index in [9.17, 15) is 19.6 Å². The average molecular weight is 303 g/mol. The maximum absolute atomic E-state index is 13.4. The third-order valence-electron chi connectivity index (χ3n) is 3.63. The number of nitrogens with one attached hydrogen (secondary N) is 1. The van der Waals surface area contributed by atoms with Gasteiger partial charge in [-0.2, -0.15) is 0 Å². The van der Waals surface area contributed by atoms with Gasteiger partial charge in [0.15, 0.2) is 0 Å². The minimum atomic E-state index is -0.682. The largest absolute Gasteiger partial charge is 0.393 e. The molecule has 2 rings (SSSR count). The van der Waals surface area contributed by atoms with Crippen molar-refractivity contribution in [2.75, 3.05) is 11.9 Å². The summed E-state index contributed by atoms with van der Waals surface area (Å²) in [4.78, 5) is 10.3. The highest BCUT2D eigenvalue weighted by Crippen LogP contribution is 2.31. The molecular formula is C13H16ClFN2O3. The molecule has 0 heterocycles. The molecule has 0 unspecified atom stereocenters. The van der Waals surface area contributed by atoms with Crippen LogP contribution >= 0.6 is 11.6 Å². The quantitative estimate of drug-likeness (QED) is 0.660. The summed E-state index contributed by atoms with van der Waals surface area (Å²) >= 11 is 5.56. The summed E-state index contributed by atoms with van der Waals surface area (Å²) in [5.41, 5.74) is -0.0877. The molecule has 5 nitrogen and oxygen atoms in total. The van der Waals surface area contributed by atoms with Crippen LogP contribution in [0.15, 0.2) is 12.1 Å². The van der Waals surface area contributed by atoms with Gasteiger partial charge in [-0.1, -0.05) is 11.6 Å². The lowest BCUT2D eigenvalue weighted by Gasteiger charge is -2.25. The molecule has 0 saturated heterocycles. The van der Waals surface area contributed by atoms with Crippen molar-refractivity contribution in [3.63, 3.8) is 0 Å². The lowest BCUT2D eigenvalue weighted by molar-refractivity contribution is -0.384. The molecule has 0 amide bonds. The van der Waals surface area contributed by atoms with E-state index in [1.165, 1.54) is 0 Å². The number of nitrogens with zero attached hydrogens (tertiary/aromatic N) is 1. The Balaban J connectivity index is 2.05. The second kappa shape index (κ2) is 6.37. The zero-order valence-corrected chi connectivity index (χ0v) is 11.6. The fourth-order valence-corrected chi connectivity index (χ4v) is 2.59. The van der Waals surface area contributed by atoms with Crippen LogP contribution in [0.4, 0.5) is 15.8 Å². The van der Waals surface area contributed by atoms with Crippen molar-refractivity contribution in [1.82, 2.24) is 0 Å². The Morgan fingerprint density at radius 1 is 1.40 bits per heavy atom. The van der Waals surface area contributed by atoms with Crippen LogP contribution in [0.25, 0.3) is 0 Å². The number of hydrogen-bond donors (Lipinski definition) is 2. The third kappa shape index (κ3) is 3.58. The van der Waals surface area contributed by atoms with Gasteiger partial charge in [-0.3, -0.25) is 10.1 Å². The lowest BCUT2D eigenvalue weighted by Crippen LogP contribution is -2.23. The van der Waals surface area contributed by atoms with Gasteiger partial charge in [0.25, 0.3) is 5.69 Å². The van der Waals surface area contributed by atoms with Crippen LogP contribution in [0.2, 0.25) is 5.02 Å². The number of rotatable bonds is 4. The lowest BCUT2D eigenvalue weighted by atomic mass is 9.87. The zero-order valence-electron chi connectivity index (χ0n) is 10.8. The highest BCUT2D eigenvalue weighted by Gasteiger charge is 2.22. The molecule has 0 bridgehead atoms. The maximum Gasteiger partial charge on any atom is 0.294 e. The first-order chi connectivity index (χ1) is 9.47. The zero-order chi connectivity index (χ0) is 14.7. The summed E-state index contributed by atoms with van der Waals surface area (Å²) in [6, 6.07) is 2.07. The third-order valence-corrected chi connectivity index (χ3v) is 3.92. The molecule has 0 spiro atoms. The molecule has 0 aromatic heterocycles. The smallest absolute Gasteiger partial charge is 0.294 e. The van der Waals surface area contributed by atoms with E-state index in [2.05, 4.69) is 5.32 Å². The summed E-state index contributed by atoms with van der Waals surface area (Å²) < 4.78 is 13.4. The Morgan fingerprint density at radius 3 is 2.65 bits per heavy atom. The second-order valence-electron chi connectivity index (χ2n) is 5.10. The minimum absolute atomic E-state index is 0.142. The topological polar surface area (TPSA) is 75.4 Å². The average Bonchev–Trinajstić information content (AvgIpc) is 2.41. The fraction of sp³-hybridized carbons (Fsp3) is 0.538. The van der Waals surface area contributed by atoms with E-state index in [4.69, 9.17) is 11.6 Å². The van der Waals surface area contributed by atoms with Crippen LogP contribution in [0, 0.1) is 21.8 Å². The number of nitro benzene ring substituents is 1. The monoisotopic (exact) mass is 302 g/mol. The molecular weight excluding hydrogens is 287 g/mol. The van der Waals surface area contributed by atoms with E-state index in [-0.39, 0.29) is 22.5 Å². The summed E-state index contributed by atoms with van der Waals surface area (Å²) in [6.07, 6.45) is 2.96. The Labute approximate surface area is 120 Å². The van der Waals surface area contributed by atoms with Gasteiger partial charge in [0.1, 0.15) is 11.5 Å². The van der Waals surface area contributed by atoms with Crippen LogP contribution in [-0.4, -0.2) is 22.7 Å². The molecule has 1 fully saturated rings. The molecule has 7 heteroatoms. The van der Waals surface area contributed by atoms with Gasteiger partial charge in [-0.05, 0) is 31.6 Å². The van der Waals surface area contributed by atoms with Crippen molar-refractivity contribution < 1.29 is 14.4 Å². The highest BCUT2D eigenvalue weighted by atomic mass is 35.5. The van der Waals surface area contributed by atoms with Crippen LogP contribution in [-0.2, 0) is 0 Å². The number of hydrogen-bond acceptors (Lipinski definition) is 4. The van der Waals surface area contributed by atoms with Crippen LogP contribution in [0.1, 0.15) is 25.7 Å². The first-order valence-corrected chi connectivity index (χ1v) is 6.90. The Morgan fingerprint density at radius 2 is 2.05 bits per heavy atom. The van der Waals surface area contributed by atoms with Gasteiger partial charge in [0.2, 0.25) is 0 Å². The van der Waals surface area contributed by atoms with Crippen LogP contribution in [0.5, 0.6) is 0 Å². The van der Waals surface area contributed by atoms with E-state index >= 15 is 0 Å². The first-order valence-electron chi connectivity index (χ1n) is 6.52. The maximum atomic E-state index is 13.4. The molecule has 20 heavy (non-hydrogen) atoms. The van der Waals surface area contributed by atoms with Crippen molar-refractivity contribution in [3.05, 3.63) is 33.1 Å². The van der Waals surface area contributed by atoms with Gasteiger partial charge in [-0.15, -0.1) is 0 Å². The summed E-state index contributed by atoms with van der Waals surface area (Å²) in [5.74, 6) is -0.351. The van der Waals surface area contributed by atoms with E-state index in [1.54, 1.807) is 0 Å². The number of aliphatic hydroxyl groups is 1. The van der Waals surface area contributed by atoms with Gasteiger partial charge in [0.05, 0.1) is 16.0 Å². The van der Waals surface area contributed by atoms with Crippen molar-refractivity contribution in [2.24, 2.45) is 5.92 Å². The van der Waals surface area contributed by atoms with Crippen molar-refractivity contribution in [2.45, 2.75) is 31.8 Å². The molecule has 0 atom stereocenters. The number of benzene rings is 1. The number of aliphatic hydroxyl groups excluding tert-OH is 1. The van der Waals surface area contributed by atoms with Crippen LogP contribution in [0.3, 0.4) is 0 Å². The molecule has 1 aromatic rings. The fourth-order valence-electron chi connectivity index (χ4n) is 2.43. The van der Waals surface area contributed by atoms with E-state index < -0.39 is 10.7 Å². The standard InChI is InChI=1S/C13H16ClFN2O3/c14-10-5-13(17(19)20)12(6-11(10)15)16-7-8-1-3-9(18)4-2-8/h5-6,8-9,16,18H,1-4,7H2. The number of halogens is 2. The molecule has 1 aliphatic rings. The van der Waals surface area contributed by atoms with Crippen molar-refractivity contribution in [1.29, 1.82) is 0 Å².